The van der Waals surface area contributed by atoms with Gasteiger partial charge in [-0.2, -0.15) is 0 Å². The molecule has 7 heteroatoms. The van der Waals surface area contributed by atoms with Crippen molar-refractivity contribution in [3.05, 3.63) is 12.3 Å². The van der Waals surface area contributed by atoms with E-state index in [2.05, 4.69) is 6.58 Å². The second-order valence-corrected chi connectivity index (χ2v) is 7.91. The van der Waals surface area contributed by atoms with Crippen LogP contribution >= 0.6 is 0 Å². The standard InChI is InChI=1S/C11H18O6Si/c1-5-18(6-15-9(2)12,7-16-10(3)13)8-17-11(4)14/h5H,1,6-8H2,2-4H3. The van der Waals surface area contributed by atoms with Crippen LogP contribution in [0.5, 0.6) is 0 Å². The van der Waals surface area contributed by atoms with Crippen molar-refractivity contribution in [3.63, 3.8) is 0 Å². The molecule has 6 nitrogen and oxygen atoms in total. The fraction of sp³-hybridized carbons (Fsp3) is 0.545. The van der Waals surface area contributed by atoms with Crippen molar-refractivity contribution in [2.24, 2.45) is 0 Å². The number of carbonyl (C=O) groups is 3. The lowest BCUT2D eigenvalue weighted by Crippen LogP contribution is -2.50. The zero-order valence-corrected chi connectivity index (χ0v) is 11.9. The summed E-state index contributed by atoms with van der Waals surface area (Å²) in [6, 6.07) is 0. The molecular formula is C11H18O6Si. The first-order valence-corrected chi connectivity index (χ1v) is 8.05. The van der Waals surface area contributed by atoms with E-state index in [1.165, 1.54) is 20.8 Å². The molecule has 0 rings (SSSR count). The summed E-state index contributed by atoms with van der Waals surface area (Å²) in [4.78, 5) is 32.5. The fourth-order valence-corrected chi connectivity index (χ4v) is 3.11. The summed E-state index contributed by atoms with van der Waals surface area (Å²) in [5.41, 5.74) is 1.59. The molecule has 0 unspecified atom stereocenters. The molecule has 0 aromatic rings. The summed E-state index contributed by atoms with van der Waals surface area (Å²) in [5.74, 6) is -1.34. The molecule has 0 fully saturated rings. The number of hydrogen-bond donors (Lipinski definition) is 0. The van der Waals surface area contributed by atoms with Crippen LogP contribution in [0.2, 0.25) is 0 Å². The highest BCUT2D eigenvalue weighted by molar-refractivity contribution is 6.84. The zero-order valence-electron chi connectivity index (χ0n) is 10.9. The SMILES string of the molecule is C=C[Si](COC(C)=O)(COC(C)=O)COC(C)=O. The van der Waals surface area contributed by atoms with Gasteiger partial charge in [0.1, 0.15) is 0 Å². The molecule has 0 radical (unpaired) electrons. The van der Waals surface area contributed by atoms with Gasteiger partial charge in [-0.25, -0.2) is 0 Å². The monoisotopic (exact) mass is 274 g/mol. The van der Waals surface area contributed by atoms with E-state index in [1.54, 1.807) is 5.70 Å². The van der Waals surface area contributed by atoms with Gasteiger partial charge in [-0.15, -0.1) is 6.58 Å². The van der Waals surface area contributed by atoms with Gasteiger partial charge >= 0.3 is 17.9 Å². The highest BCUT2D eigenvalue weighted by atomic mass is 28.3. The van der Waals surface area contributed by atoms with Crippen molar-refractivity contribution in [3.8, 4) is 0 Å². The molecule has 0 heterocycles. The Bertz CT molecular complexity index is 293. The van der Waals surface area contributed by atoms with Crippen LogP contribution in [0, 0.1) is 0 Å². The molecule has 18 heavy (non-hydrogen) atoms. The minimum absolute atomic E-state index is 0.0619. The highest BCUT2D eigenvalue weighted by Gasteiger charge is 2.35. The van der Waals surface area contributed by atoms with Gasteiger partial charge in [-0.1, -0.05) is 5.70 Å². The van der Waals surface area contributed by atoms with Crippen molar-refractivity contribution in [2.45, 2.75) is 20.8 Å². The highest BCUT2D eigenvalue weighted by Crippen LogP contribution is 2.08. The molecule has 0 N–H and O–H groups in total. The van der Waals surface area contributed by atoms with Gasteiger partial charge in [0, 0.05) is 20.8 Å². The Morgan fingerprint density at radius 3 is 1.33 bits per heavy atom. The number of esters is 3. The van der Waals surface area contributed by atoms with Crippen molar-refractivity contribution in [2.75, 3.05) is 18.7 Å². The Balaban J connectivity index is 4.69. The third-order valence-electron chi connectivity index (χ3n) is 2.12. The smallest absolute Gasteiger partial charge is 0.302 e. The largest absolute Gasteiger partial charge is 0.469 e. The lowest BCUT2D eigenvalue weighted by molar-refractivity contribution is -0.139. The van der Waals surface area contributed by atoms with Crippen LogP contribution in [0.1, 0.15) is 20.8 Å². The Morgan fingerprint density at radius 2 is 1.17 bits per heavy atom. The summed E-state index contributed by atoms with van der Waals surface area (Å²) in [6.45, 7) is 7.49. The van der Waals surface area contributed by atoms with Crippen LogP contribution in [-0.4, -0.2) is 44.7 Å². The van der Waals surface area contributed by atoms with Crippen molar-refractivity contribution in [1.29, 1.82) is 0 Å². The van der Waals surface area contributed by atoms with E-state index in [0.29, 0.717) is 0 Å². The van der Waals surface area contributed by atoms with Gasteiger partial charge in [0.2, 0.25) is 8.07 Å². The normalized spacial score (nSPS) is 10.4. The van der Waals surface area contributed by atoms with Gasteiger partial charge in [0.05, 0.1) is 18.7 Å². The first kappa shape index (κ1) is 16.4. The molecule has 0 bridgehead atoms. The topological polar surface area (TPSA) is 78.9 Å². The van der Waals surface area contributed by atoms with Gasteiger partial charge in [0.15, 0.2) is 0 Å². The van der Waals surface area contributed by atoms with Crippen LogP contribution in [-0.2, 0) is 28.6 Å². The predicted molar refractivity (Wildman–Crippen MR) is 65.9 cm³/mol. The van der Waals surface area contributed by atoms with E-state index < -0.39 is 26.0 Å². The molecule has 0 atom stereocenters. The molecule has 0 aliphatic heterocycles. The van der Waals surface area contributed by atoms with E-state index in [9.17, 15) is 14.4 Å². The maximum Gasteiger partial charge on any atom is 0.302 e. The Labute approximate surface area is 107 Å². The van der Waals surface area contributed by atoms with Crippen LogP contribution < -0.4 is 0 Å². The molecule has 102 valence electrons. The van der Waals surface area contributed by atoms with Gasteiger partial charge in [-0.05, 0) is 0 Å². The zero-order chi connectivity index (χ0) is 14.2. The van der Waals surface area contributed by atoms with E-state index >= 15 is 0 Å². The van der Waals surface area contributed by atoms with Crippen molar-refractivity contribution in [1.82, 2.24) is 0 Å². The van der Waals surface area contributed by atoms with Crippen LogP contribution in [0.3, 0.4) is 0 Å². The van der Waals surface area contributed by atoms with Crippen molar-refractivity contribution >= 4 is 26.0 Å². The molecule has 0 aromatic heterocycles. The van der Waals surface area contributed by atoms with E-state index in [-0.39, 0.29) is 18.7 Å². The van der Waals surface area contributed by atoms with Crippen molar-refractivity contribution < 1.29 is 28.6 Å². The van der Waals surface area contributed by atoms with E-state index in [1.807, 2.05) is 0 Å². The second kappa shape index (κ2) is 7.65. The summed E-state index contributed by atoms with van der Waals surface area (Å²) >= 11 is 0. The molecule has 0 aromatic carbocycles. The maximum atomic E-state index is 10.8. The van der Waals surface area contributed by atoms with Crippen LogP contribution in [0.25, 0.3) is 0 Å². The number of carbonyl (C=O) groups excluding carboxylic acids is 3. The summed E-state index contributed by atoms with van der Waals surface area (Å²) < 4.78 is 14.8. The molecule has 0 aliphatic carbocycles. The first-order chi connectivity index (χ1) is 8.31. The fourth-order valence-electron chi connectivity index (χ4n) is 1.04. The second-order valence-electron chi connectivity index (χ2n) is 3.91. The van der Waals surface area contributed by atoms with Gasteiger partial charge < -0.3 is 14.2 Å². The molecule has 0 amide bonds. The Morgan fingerprint density at radius 1 is 0.889 bits per heavy atom. The minimum atomic E-state index is -2.52. The van der Waals surface area contributed by atoms with E-state index in [4.69, 9.17) is 14.2 Å². The molecule has 0 spiro atoms. The van der Waals surface area contributed by atoms with E-state index in [0.717, 1.165) is 0 Å². The number of ether oxygens (including phenoxy) is 3. The third kappa shape index (κ3) is 6.84. The predicted octanol–water partition coefficient (Wildman–Crippen LogP) is 0.467. The van der Waals surface area contributed by atoms with Gasteiger partial charge in [0.25, 0.3) is 0 Å². The molecule has 0 saturated carbocycles. The van der Waals surface area contributed by atoms with Gasteiger partial charge in [-0.3, -0.25) is 14.4 Å². The minimum Gasteiger partial charge on any atom is -0.469 e. The summed E-state index contributed by atoms with van der Waals surface area (Å²) in [7, 11) is -2.52. The Kier molecular flexibility index (Phi) is 6.95. The average molecular weight is 274 g/mol. The summed E-state index contributed by atoms with van der Waals surface area (Å²) in [5, 5.41) is 0. The molecular weight excluding hydrogens is 256 g/mol. The van der Waals surface area contributed by atoms with Crippen LogP contribution in [0.15, 0.2) is 12.3 Å². The molecule has 0 aliphatic rings. The lowest BCUT2D eigenvalue weighted by atomic mass is 10.8. The quantitative estimate of drug-likeness (QED) is 0.381. The summed E-state index contributed by atoms with van der Waals surface area (Å²) in [6.07, 6.45) is 0.186. The first-order valence-electron chi connectivity index (χ1n) is 5.35. The Hall–Kier alpha value is -1.63. The molecule has 0 saturated heterocycles. The third-order valence-corrected chi connectivity index (χ3v) is 5.15. The number of rotatable bonds is 7. The van der Waals surface area contributed by atoms with Crippen LogP contribution in [0.4, 0.5) is 0 Å². The lowest BCUT2D eigenvalue weighted by Gasteiger charge is -2.25. The average Bonchev–Trinajstić information content (AvgIpc) is 2.28. The maximum absolute atomic E-state index is 10.8. The number of hydrogen-bond acceptors (Lipinski definition) is 6.